The Bertz CT molecular complexity index is 883. The van der Waals surface area contributed by atoms with E-state index in [2.05, 4.69) is 29.2 Å². The van der Waals surface area contributed by atoms with Gasteiger partial charge >= 0.3 is 12.1 Å². The highest BCUT2D eigenvalue weighted by atomic mass is 19.4. The van der Waals surface area contributed by atoms with Gasteiger partial charge in [-0.1, -0.05) is 18.2 Å². The van der Waals surface area contributed by atoms with Gasteiger partial charge < -0.3 is 15.7 Å². The predicted octanol–water partition coefficient (Wildman–Crippen LogP) is 4.47. The number of carboxylic acid groups (broad SMARTS) is 1. The third-order valence-electron chi connectivity index (χ3n) is 5.79. The van der Waals surface area contributed by atoms with Crippen LogP contribution in [0.15, 0.2) is 24.3 Å². The maximum absolute atomic E-state index is 11.9. The number of allylic oxidation sites excluding steroid dienone is 2. The molecule has 1 aliphatic heterocycles. The zero-order valence-electron chi connectivity index (χ0n) is 17.8. The number of carbonyl (C=O) groups is 2. The number of likely N-dealkylation sites (tertiary alicyclic amines) is 1. The minimum atomic E-state index is -5.08. The normalized spacial score (nSPS) is 17.5. The molecule has 0 spiro atoms. The number of rotatable bonds is 5. The molecule has 0 saturated carbocycles. The number of nitrogens with zero attached hydrogens (tertiary/aromatic N) is 2. The first-order chi connectivity index (χ1) is 15.1. The van der Waals surface area contributed by atoms with Crippen molar-refractivity contribution >= 4 is 17.4 Å². The highest BCUT2D eigenvalue weighted by molar-refractivity contribution is 5.98. The van der Waals surface area contributed by atoms with E-state index in [1.165, 1.54) is 24.0 Å². The summed E-state index contributed by atoms with van der Waals surface area (Å²) in [5.74, 6) is -2.56. The highest BCUT2D eigenvalue weighted by Crippen LogP contribution is 2.34. The van der Waals surface area contributed by atoms with E-state index < -0.39 is 12.1 Å². The van der Waals surface area contributed by atoms with Crippen molar-refractivity contribution in [2.75, 3.05) is 19.6 Å². The topological polar surface area (TPSA) is 107 Å². The van der Waals surface area contributed by atoms with Gasteiger partial charge in [0.05, 0.1) is 6.07 Å². The average Bonchev–Trinajstić information content (AvgIpc) is 2.78. The van der Waals surface area contributed by atoms with Crippen LogP contribution in [-0.4, -0.2) is 47.7 Å². The standard InChI is InChI=1S/C21H27N3O.C2HF3O2/c22-11-4-12-24-13-9-16(10-14-24)18-7-8-19(21(23)25)20(15-18)17-5-2-1-3-6-17;3-2(4,5)1(6)7/h5,7-8,15-16H,1-4,6,9-10,12-14H2,(H2,23,25);(H,6,7). The number of benzene rings is 1. The quantitative estimate of drug-likeness (QED) is 0.687. The summed E-state index contributed by atoms with van der Waals surface area (Å²) in [7, 11) is 0. The summed E-state index contributed by atoms with van der Waals surface area (Å²) in [6.07, 6.45) is 4.57. The summed E-state index contributed by atoms with van der Waals surface area (Å²) >= 11 is 0. The number of halogens is 3. The minimum Gasteiger partial charge on any atom is -0.475 e. The number of hydrogen-bond acceptors (Lipinski definition) is 4. The zero-order chi connectivity index (χ0) is 23.7. The Morgan fingerprint density at radius 3 is 2.38 bits per heavy atom. The summed E-state index contributed by atoms with van der Waals surface area (Å²) in [4.78, 5) is 23.1. The molecular weight excluding hydrogens is 423 g/mol. The molecule has 1 aliphatic carbocycles. The molecule has 32 heavy (non-hydrogen) atoms. The van der Waals surface area contributed by atoms with Crippen molar-refractivity contribution in [3.63, 3.8) is 0 Å². The number of nitrogens with two attached hydrogens (primary N) is 1. The molecule has 1 fully saturated rings. The van der Waals surface area contributed by atoms with Crippen LogP contribution in [0.25, 0.3) is 5.57 Å². The van der Waals surface area contributed by atoms with Gasteiger partial charge in [-0.25, -0.2) is 4.79 Å². The Labute approximate surface area is 185 Å². The van der Waals surface area contributed by atoms with Crippen molar-refractivity contribution in [3.8, 4) is 6.07 Å². The van der Waals surface area contributed by atoms with Crippen LogP contribution >= 0.6 is 0 Å². The van der Waals surface area contributed by atoms with Gasteiger partial charge in [0.15, 0.2) is 0 Å². The molecule has 0 bridgehead atoms. The van der Waals surface area contributed by atoms with Crippen LogP contribution in [-0.2, 0) is 4.79 Å². The van der Waals surface area contributed by atoms with Gasteiger partial charge in [0.25, 0.3) is 0 Å². The second-order valence-electron chi connectivity index (χ2n) is 7.97. The molecule has 0 radical (unpaired) electrons. The monoisotopic (exact) mass is 451 g/mol. The number of carboxylic acids is 1. The van der Waals surface area contributed by atoms with Crippen LogP contribution in [0, 0.1) is 11.3 Å². The molecule has 3 N–H and O–H groups in total. The van der Waals surface area contributed by atoms with E-state index in [1.54, 1.807) is 0 Å². The second kappa shape index (κ2) is 11.7. The van der Waals surface area contributed by atoms with E-state index in [4.69, 9.17) is 20.9 Å². The molecule has 0 atom stereocenters. The molecule has 9 heteroatoms. The van der Waals surface area contributed by atoms with Crippen LogP contribution < -0.4 is 5.73 Å². The summed E-state index contributed by atoms with van der Waals surface area (Å²) in [6.45, 7) is 2.96. The number of amides is 1. The van der Waals surface area contributed by atoms with E-state index in [-0.39, 0.29) is 5.91 Å². The van der Waals surface area contributed by atoms with E-state index in [0.717, 1.165) is 50.9 Å². The Balaban J connectivity index is 0.000000451. The van der Waals surface area contributed by atoms with Gasteiger partial charge in [0.1, 0.15) is 0 Å². The Morgan fingerprint density at radius 1 is 1.22 bits per heavy atom. The molecule has 3 rings (SSSR count). The molecule has 1 saturated heterocycles. The van der Waals surface area contributed by atoms with Gasteiger partial charge in [-0.15, -0.1) is 0 Å². The van der Waals surface area contributed by atoms with Crippen molar-refractivity contribution in [2.45, 2.75) is 57.0 Å². The van der Waals surface area contributed by atoms with E-state index in [1.807, 2.05) is 6.07 Å². The van der Waals surface area contributed by atoms with E-state index >= 15 is 0 Å². The maximum atomic E-state index is 11.9. The molecular formula is C23H28F3N3O3. The summed E-state index contributed by atoms with van der Waals surface area (Å²) in [5, 5.41) is 15.9. The number of alkyl halides is 3. The molecule has 0 unspecified atom stereocenters. The zero-order valence-corrected chi connectivity index (χ0v) is 17.8. The largest absolute Gasteiger partial charge is 0.490 e. The third kappa shape index (κ3) is 7.38. The van der Waals surface area contributed by atoms with Gasteiger partial charge in [0.2, 0.25) is 5.91 Å². The summed E-state index contributed by atoms with van der Waals surface area (Å²) < 4.78 is 31.7. The fourth-order valence-corrected chi connectivity index (χ4v) is 4.08. The van der Waals surface area contributed by atoms with Gasteiger partial charge in [-0.3, -0.25) is 4.79 Å². The first kappa shape index (κ1) is 25.4. The fourth-order valence-electron chi connectivity index (χ4n) is 4.08. The van der Waals surface area contributed by atoms with Gasteiger partial charge in [-0.2, -0.15) is 18.4 Å². The molecule has 0 aromatic heterocycles. The Morgan fingerprint density at radius 2 is 1.88 bits per heavy atom. The summed E-state index contributed by atoms with van der Waals surface area (Å²) in [6, 6.07) is 8.45. The molecule has 1 heterocycles. The number of aliphatic carboxylic acids is 1. The van der Waals surface area contributed by atoms with Crippen molar-refractivity contribution in [1.82, 2.24) is 4.90 Å². The number of piperidine rings is 1. The fraction of sp³-hybridized carbons (Fsp3) is 0.522. The lowest BCUT2D eigenvalue weighted by molar-refractivity contribution is -0.192. The predicted molar refractivity (Wildman–Crippen MR) is 114 cm³/mol. The van der Waals surface area contributed by atoms with Crippen LogP contribution in [0.3, 0.4) is 0 Å². The lowest BCUT2D eigenvalue weighted by Crippen LogP contribution is -2.33. The SMILES string of the molecule is N#CCCN1CCC(c2ccc(C(N)=O)c(C3=CCCCC3)c2)CC1.O=C(O)C(F)(F)F. The van der Waals surface area contributed by atoms with Crippen LogP contribution in [0.2, 0.25) is 0 Å². The lowest BCUT2D eigenvalue weighted by Gasteiger charge is -2.32. The van der Waals surface area contributed by atoms with Crippen LogP contribution in [0.1, 0.15) is 72.3 Å². The van der Waals surface area contributed by atoms with Crippen molar-refractivity contribution in [3.05, 3.63) is 41.0 Å². The number of nitriles is 1. The maximum Gasteiger partial charge on any atom is 0.490 e. The number of carbonyl (C=O) groups excluding carboxylic acids is 1. The molecule has 174 valence electrons. The minimum absolute atomic E-state index is 0.334. The molecule has 1 aromatic carbocycles. The highest BCUT2D eigenvalue weighted by Gasteiger charge is 2.38. The average molecular weight is 451 g/mol. The number of primary amides is 1. The van der Waals surface area contributed by atoms with Crippen LogP contribution in [0.5, 0.6) is 0 Å². The number of hydrogen-bond donors (Lipinski definition) is 2. The molecule has 6 nitrogen and oxygen atoms in total. The first-order valence-electron chi connectivity index (χ1n) is 10.7. The smallest absolute Gasteiger partial charge is 0.475 e. The van der Waals surface area contributed by atoms with Crippen LogP contribution in [0.4, 0.5) is 13.2 Å². The third-order valence-corrected chi connectivity index (χ3v) is 5.79. The van der Waals surface area contributed by atoms with Crippen molar-refractivity contribution in [2.24, 2.45) is 5.73 Å². The molecule has 1 aromatic rings. The van der Waals surface area contributed by atoms with Crippen molar-refractivity contribution < 1.29 is 27.9 Å². The lowest BCUT2D eigenvalue weighted by atomic mass is 9.84. The first-order valence-corrected chi connectivity index (χ1v) is 10.7. The van der Waals surface area contributed by atoms with Crippen molar-refractivity contribution in [1.29, 1.82) is 5.26 Å². The van der Waals surface area contributed by atoms with E-state index in [9.17, 15) is 18.0 Å². The van der Waals surface area contributed by atoms with Gasteiger partial charge in [-0.05, 0) is 80.3 Å². The Hall–Kier alpha value is -2.86. The Kier molecular flexibility index (Phi) is 9.27. The second-order valence-corrected chi connectivity index (χ2v) is 7.97. The summed E-state index contributed by atoms with van der Waals surface area (Å²) in [5.41, 5.74) is 9.93. The van der Waals surface area contributed by atoms with Gasteiger partial charge in [0, 0.05) is 18.5 Å². The molecule has 2 aliphatic rings. The molecule has 1 amide bonds. The van der Waals surface area contributed by atoms with E-state index in [0.29, 0.717) is 17.9 Å².